The summed E-state index contributed by atoms with van der Waals surface area (Å²) in [4.78, 5) is 38.8. The van der Waals surface area contributed by atoms with Crippen molar-refractivity contribution in [2.24, 2.45) is 0 Å². The third kappa shape index (κ3) is 9.22. The smallest absolute Gasteiger partial charge is 0.407 e. The summed E-state index contributed by atoms with van der Waals surface area (Å²) < 4.78 is 16.8. The summed E-state index contributed by atoms with van der Waals surface area (Å²) in [5.74, 6) is -0.657. The molecule has 4 aromatic rings. The Bertz CT molecular complexity index is 1630. The van der Waals surface area contributed by atoms with Gasteiger partial charge in [0.1, 0.15) is 24.9 Å². The van der Waals surface area contributed by atoms with Crippen LogP contribution in [-0.2, 0) is 38.5 Å². The van der Waals surface area contributed by atoms with Gasteiger partial charge in [-0.1, -0.05) is 103 Å². The lowest BCUT2D eigenvalue weighted by atomic mass is 9.97. The molecule has 2 N–H and O–H groups in total. The van der Waals surface area contributed by atoms with Crippen molar-refractivity contribution in [2.45, 2.75) is 64.2 Å². The number of rotatable bonds is 12. The largest absolute Gasteiger partial charge is 0.459 e. The van der Waals surface area contributed by atoms with Crippen LogP contribution in [0.5, 0.6) is 0 Å². The van der Waals surface area contributed by atoms with E-state index in [4.69, 9.17) is 14.2 Å². The molecule has 1 atom stereocenters. The average molecular weight is 635 g/mol. The zero-order valence-electron chi connectivity index (χ0n) is 27.2. The minimum atomic E-state index is -0.976. The van der Waals surface area contributed by atoms with Crippen LogP contribution in [0.25, 0.3) is 11.1 Å². The first-order chi connectivity index (χ1) is 22.7. The summed E-state index contributed by atoms with van der Waals surface area (Å²) in [6.07, 6.45) is 0.391. The van der Waals surface area contributed by atoms with Crippen molar-refractivity contribution in [3.8, 4) is 11.1 Å². The van der Waals surface area contributed by atoms with Crippen molar-refractivity contribution in [2.75, 3.05) is 13.2 Å². The van der Waals surface area contributed by atoms with Gasteiger partial charge in [0.15, 0.2) is 0 Å². The summed E-state index contributed by atoms with van der Waals surface area (Å²) in [7, 11) is 0. The highest BCUT2D eigenvalue weighted by molar-refractivity contribution is 5.82. The van der Waals surface area contributed by atoms with Crippen molar-refractivity contribution in [3.63, 3.8) is 0 Å². The fraction of sp³-hybridized carbons (Fsp3) is 0.308. The maximum Gasteiger partial charge on any atom is 0.407 e. The Kier molecular flexibility index (Phi) is 10.9. The van der Waals surface area contributed by atoms with Crippen molar-refractivity contribution in [3.05, 3.63) is 131 Å². The number of hydrogen-bond acceptors (Lipinski definition) is 6. The van der Waals surface area contributed by atoms with Gasteiger partial charge in [-0.15, -0.1) is 0 Å². The molecule has 5 rings (SSSR count). The first-order valence-electron chi connectivity index (χ1n) is 16.0. The SMILES string of the molecule is CC(C)(C)OC(=O)NCCCc1ccccc1C[C@@H](NC(=O)OCC1c2ccccc2-c2ccccc21)C(=O)OCc1ccccc1. The monoisotopic (exact) mass is 634 g/mol. The normalized spacial score (nSPS) is 12.7. The molecule has 4 aromatic carbocycles. The van der Waals surface area contributed by atoms with Crippen molar-refractivity contribution >= 4 is 18.2 Å². The topological polar surface area (TPSA) is 103 Å². The van der Waals surface area contributed by atoms with Gasteiger partial charge in [-0.25, -0.2) is 14.4 Å². The highest BCUT2D eigenvalue weighted by Gasteiger charge is 2.30. The number of amides is 2. The fourth-order valence-electron chi connectivity index (χ4n) is 5.81. The maximum absolute atomic E-state index is 13.5. The molecular weight excluding hydrogens is 592 g/mol. The fourth-order valence-corrected chi connectivity index (χ4v) is 5.81. The second kappa shape index (κ2) is 15.5. The first-order valence-corrected chi connectivity index (χ1v) is 16.0. The molecule has 0 aromatic heterocycles. The number of aryl methyl sites for hydroxylation is 1. The Labute approximate surface area is 276 Å². The zero-order valence-corrected chi connectivity index (χ0v) is 27.2. The molecule has 0 bridgehead atoms. The van der Waals surface area contributed by atoms with Crippen LogP contribution in [-0.4, -0.2) is 43.0 Å². The van der Waals surface area contributed by atoms with Gasteiger partial charge in [-0.2, -0.15) is 0 Å². The summed E-state index contributed by atoms with van der Waals surface area (Å²) in [5, 5.41) is 5.58. The highest BCUT2D eigenvalue weighted by atomic mass is 16.6. The van der Waals surface area contributed by atoms with Crippen LogP contribution in [0, 0.1) is 0 Å². The van der Waals surface area contributed by atoms with Crippen molar-refractivity contribution < 1.29 is 28.6 Å². The molecule has 1 aliphatic carbocycles. The third-order valence-corrected chi connectivity index (χ3v) is 7.98. The Hall–Kier alpha value is -5.11. The molecule has 0 unspecified atom stereocenters. The second-order valence-electron chi connectivity index (χ2n) is 12.6. The van der Waals surface area contributed by atoms with E-state index in [2.05, 4.69) is 34.9 Å². The van der Waals surface area contributed by atoms with E-state index in [-0.39, 0.29) is 25.6 Å². The van der Waals surface area contributed by atoms with E-state index < -0.39 is 29.8 Å². The lowest BCUT2D eigenvalue weighted by molar-refractivity contribution is -0.147. The highest BCUT2D eigenvalue weighted by Crippen LogP contribution is 2.44. The van der Waals surface area contributed by atoms with E-state index in [0.717, 1.165) is 38.9 Å². The Morgan fingerprint density at radius 3 is 1.98 bits per heavy atom. The molecule has 1 aliphatic rings. The van der Waals surface area contributed by atoms with E-state index >= 15 is 0 Å². The number of ether oxygens (including phenoxy) is 3. The Balaban J connectivity index is 1.25. The third-order valence-electron chi connectivity index (χ3n) is 7.98. The molecule has 0 aliphatic heterocycles. The van der Waals surface area contributed by atoms with Gasteiger partial charge in [-0.3, -0.25) is 0 Å². The Morgan fingerprint density at radius 2 is 1.32 bits per heavy atom. The minimum Gasteiger partial charge on any atom is -0.459 e. The van der Waals surface area contributed by atoms with Gasteiger partial charge in [0, 0.05) is 18.9 Å². The number of esters is 1. The predicted molar refractivity (Wildman–Crippen MR) is 181 cm³/mol. The number of fused-ring (bicyclic) bond motifs is 3. The maximum atomic E-state index is 13.5. The quantitative estimate of drug-likeness (QED) is 0.0961. The van der Waals surface area contributed by atoms with Crippen LogP contribution in [0.3, 0.4) is 0 Å². The van der Waals surface area contributed by atoms with E-state index in [1.165, 1.54) is 0 Å². The summed E-state index contributed by atoms with van der Waals surface area (Å²) in [6.45, 7) is 6.11. The van der Waals surface area contributed by atoms with Crippen LogP contribution in [0.1, 0.15) is 60.9 Å². The minimum absolute atomic E-state index is 0.0839. The molecule has 0 saturated carbocycles. The van der Waals surface area contributed by atoms with E-state index in [1.54, 1.807) is 0 Å². The molecule has 0 heterocycles. The van der Waals surface area contributed by atoms with Crippen LogP contribution >= 0.6 is 0 Å². The standard InChI is InChI=1S/C39H42N2O6/c1-39(2,3)47-37(43)40-23-13-18-28-16-7-8-17-29(28)24-35(36(42)45-25-27-14-5-4-6-15-27)41-38(44)46-26-34-32-21-11-9-19-30(32)31-20-10-12-22-33(31)34/h4-12,14-17,19-22,34-35H,13,18,23-26H2,1-3H3,(H,40,43)(H,41,44)/t35-/m1/s1. The van der Waals surface area contributed by atoms with Crippen molar-refractivity contribution in [1.29, 1.82) is 0 Å². The van der Waals surface area contributed by atoms with E-state index in [1.807, 2.05) is 99.6 Å². The van der Waals surface area contributed by atoms with Gasteiger partial charge in [0.25, 0.3) is 0 Å². The predicted octanol–water partition coefficient (Wildman–Crippen LogP) is 7.34. The molecule has 47 heavy (non-hydrogen) atoms. The molecule has 2 amide bonds. The summed E-state index contributed by atoms with van der Waals surface area (Å²) in [6, 6.07) is 32.5. The Morgan fingerprint density at radius 1 is 0.723 bits per heavy atom. The van der Waals surface area contributed by atoms with Crippen molar-refractivity contribution in [1.82, 2.24) is 10.6 Å². The lowest BCUT2D eigenvalue weighted by Crippen LogP contribution is -2.44. The molecule has 244 valence electrons. The molecule has 0 saturated heterocycles. The van der Waals surface area contributed by atoms with Gasteiger partial charge in [0.05, 0.1) is 0 Å². The number of alkyl carbamates (subject to hydrolysis) is 2. The zero-order chi connectivity index (χ0) is 33.2. The van der Waals surface area contributed by atoms with Crippen LogP contribution in [0.15, 0.2) is 103 Å². The summed E-state index contributed by atoms with van der Waals surface area (Å²) in [5.41, 5.74) is 6.67. The number of carbonyl (C=O) groups excluding carboxylic acids is 3. The van der Waals surface area contributed by atoms with Gasteiger partial charge in [-0.05, 0) is 72.6 Å². The van der Waals surface area contributed by atoms with E-state index in [9.17, 15) is 14.4 Å². The molecule has 8 nitrogen and oxygen atoms in total. The molecule has 0 radical (unpaired) electrons. The van der Waals surface area contributed by atoms with Crippen LogP contribution in [0.4, 0.5) is 9.59 Å². The van der Waals surface area contributed by atoms with Crippen LogP contribution < -0.4 is 10.6 Å². The number of benzene rings is 4. The molecule has 0 spiro atoms. The average Bonchev–Trinajstić information content (AvgIpc) is 3.38. The number of nitrogens with one attached hydrogen (secondary N) is 2. The first kappa shape index (κ1) is 33.3. The van der Waals surface area contributed by atoms with Gasteiger partial charge < -0.3 is 24.8 Å². The van der Waals surface area contributed by atoms with Gasteiger partial charge in [0.2, 0.25) is 0 Å². The molecular formula is C39H42N2O6. The van der Waals surface area contributed by atoms with Gasteiger partial charge >= 0.3 is 18.2 Å². The van der Waals surface area contributed by atoms with E-state index in [0.29, 0.717) is 19.4 Å². The number of hydrogen-bond donors (Lipinski definition) is 2. The number of carbonyl (C=O) groups is 3. The van der Waals surface area contributed by atoms with Crippen LogP contribution in [0.2, 0.25) is 0 Å². The molecule has 8 heteroatoms. The summed E-state index contributed by atoms with van der Waals surface area (Å²) >= 11 is 0. The second-order valence-corrected chi connectivity index (χ2v) is 12.6. The molecule has 0 fully saturated rings. The lowest BCUT2D eigenvalue weighted by Gasteiger charge is -2.21.